The molecule has 0 amide bonds. The Hall–Kier alpha value is -1.88. The minimum absolute atomic E-state index is 0.222. The molecular formula is C10H7ClN2O3. The van der Waals surface area contributed by atoms with Gasteiger partial charge in [0.2, 0.25) is 0 Å². The van der Waals surface area contributed by atoms with Crippen LogP contribution in [0.2, 0.25) is 5.02 Å². The minimum atomic E-state index is -1.03. The standard InChI is InChI=1S/C10H7ClN2O3/c11-6-1-2-13-8(3-6)12-7(4-9(13)14)5-10(15)16/h1-4H,5H2,(H,15,16). The van der Waals surface area contributed by atoms with Crippen molar-refractivity contribution in [2.75, 3.05) is 0 Å². The molecule has 0 aliphatic heterocycles. The van der Waals surface area contributed by atoms with Gasteiger partial charge in [0, 0.05) is 23.4 Å². The largest absolute Gasteiger partial charge is 0.481 e. The van der Waals surface area contributed by atoms with Crippen LogP contribution in [0, 0.1) is 0 Å². The zero-order chi connectivity index (χ0) is 11.7. The van der Waals surface area contributed by atoms with Crippen molar-refractivity contribution in [1.29, 1.82) is 0 Å². The molecule has 16 heavy (non-hydrogen) atoms. The third kappa shape index (κ3) is 2.04. The second-order valence-electron chi connectivity index (χ2n) is 3.23. The van der Waals surface area contributed by atoms with Gasteiger partial charge < -0.3 is 5.11 Å². The summed E-state index contributed by atoms with van der Waals surface area (Å²) >= 11 is 5.76. The number of nitrogens with zero attached hydrogens (tertiary/aromatic N) is 2. The fourth-order valence-electron chi connectivity index (χ4n) is 1.37. The van der Waals surface area contributed by atoms with Crippen LogP contribution in [-0.4, -0.2) is 20.5 Å². The van der Waals surface area contributed by atoms with Gasteiger partial charge in [-0.3, -0.25) is 14.0 Å². The van der Waals surface area contributed by atoms with Gasteiger partial charge in [-0.2, -0.15) is 0 Å². The summed E-state index contributed by atoms with van der Waals surface area (Å²) in [5, 5.41) is 9.05. The van der Waals surface area contributed by atoms with Crippen LogP contribution in [0.15, 0.2) is 29.2 Å². The Morgan fingerprint density at radius 3 is 2.94 bits per heavy atom. The van der Waals surface area contributed by atoms with Crippen molar-refractivity contribution in [3.8, 4) is 0 Å². The van der Waals surface area contributed by atoms with Crippen LogP contribution in [0.5, 0.6) is 0 Å². The van der Waals surface area contributed by atoms with Gasteiger partial charge in [-0.25, -0.2) is 4.98 Å². The van der Waals surface area contributed by atoms with Gasteiger partial charge in [0.1, 0.15) is 5.65 Å². The summed E-state index contributed by atoms with van der Waals surface area (Å²) in [5.41, 5.74) is 0.244. The summed E-state index contributed by atoms with van der Waals surface area (Å²) in [6, 6.07) is 4.28. The maximum atomic E-state index is 11.6. The van der Waals surface area contributed by atoms with E-state index in [2.05, 4.69) is 4.98 Å². The average Bonchev–Trinajstić information content (AvgIpc) is 2.15. The number of hydrogen-bond acceptors (Lipinski definition) is 3. The van der Waals surface area contributed by atoms with Crippen molar-refractivity contribution in [3.05, 3.63) is 45.5 Å². The molecule has 0 bridgehead atoms. The highest BCUT2D eigenvalue weighted by atomic mass is 35.5. The third-order valence-electron chi connectivity index (χ3n) is 2.01. The molecule has 6 heteroatoms. The number of carboxylic acid groups (broad SMARTS) is 1. The van der Waals surface area contributed by atoms with Gasteiger partial charge in [0.25, 0.3) is 5.56 Å². The predicted molar refractivity (Wildman–Crippen MR) is 57.8 cm³/mol. The Balaban J connectivity index is 2.65. The van der Waals surface area contributed by atoms with E-state index in [0.717, 1.165) is 0 Å². The zero-order valence-corrected chi connectivity index (χ0v) is 8.81. The maximum absolute atomic E-state index is 11.6. The van der Waals surface area contributed by atoms with E-state index in [1.165, 1.54) is 22.7 Å². The SMILES string of the molecule is O=C(O)Cc1cc(=O)n2ccc(Cl)cc2n1. The molecule has 0 atom stereocenters. The predicted octanol–water partition coefficient (Wildman–Crippen LogP) is 0.975. The number of rotatable bonds is 2. The number of hydrogen-bond donors (Lipinski definition) is 1. The lowest BCUT2D eigenvalue weighted by Crippen LogP contribution is -2.16. The van der Waals surface area contributed by atoms with Crippen LogP contribution in [-0.2, 0) is 11.2 Å². The highest BCUT2D eigenvalue weighted by Crippen LogP contribution is 2.09. The fraction of sp³-hybridized carbons (Fsp3) is 0.100. The Bertz CT molecular complexity index is 621. The number of aliphatic carboxylic acids is 1. The summed E-state index contributed by atoms with van der Waals surface area (Å²) in [7, 11) is 0. The molecule has 0 radical (unpaired) electrons. The van der Waals surface area contributed by atoms with E-state index >= 15 is 0 Å². The molecule has 0 spiro atoms. The smallest absolute Gasteiger partial charge is 0.309 e. The van der Waals surface area contributed by atoms with Crippen molar-refractivity contribution in [1.82, 2.24) is 9.38 Å². The van der Waals surface area contributed by atoms with Crippen LogP contribution in [0.4, 0.5) is 0 Å². The van der Waals surface area contributed by atoms with E-state index in [4.69, 9.17) is 16.7 Å². The quantitative estimate of drug-likeness (QED) is 0.846. The second-order valence-corrected chi connectivity index (χ2v) is 3.67. The maximum Gasteiger partial charge on any atom is 0.309 e. The Morgan fingerprint density at radius 2 is 2.25 bits per heavy atom. The Labute approximate surface area is 94.9 Å². The monoisotopic (exact) mass is 238 g/mol. The first-order chi connectivity index (χ1) is 7.56. The minimum Gasteiger partial charge on any atom is -0.481 e. The summed E-state index contributed by atoms with van der Waals surface area (Å²) in [5.74, 6) is -1.03. The van der Waals surface area contributed by atoms with E-state index < -0.39 is 5.97 Å². The van der Waals surface area contributed by atoms with Crippen LogP contribution in [0.3, 0.4) is 0 Å². The first-order valence-corrected chi connectivity index (χ1v) is 4.84. The average molecular weight is 239 g/mol. The van der Waals surface area contributed by atoms with E-state index in [-0.39, 0.29) is 17.7 Å². The number of carboxylic acids is 1. The lowest BCUT2D eigenvalue weighted by Gasteiger charge is -2.02. The van der Waals surface area contributed by atoms with Crippen molar-refractivity contribution < 1.29 is 9.90 Å². The normalized spacial score (nSPS) is 10.6. The zero-order valence-electron chi connectivity index (χ0n) is 8.05. The van der Waals surface area contributed by atoms with E-state index in [1.54, 1.807) is 6.07 Å². The molecule has 2 rings (SSSR count). The number of halogens is 1. The van der Waals surface area contributed by atoms with Crippen molar-refractivity contribution in [2.24, 2.45) is 0 Å². The van der Waals surface area contributed by atoms with Crippen molar-refractivity contribution in [3.63, 3.8) is 0 Å². The van der Waals surface area contributed by atoms with Crippen molar-refractivity contribution in [2.45, 2.75) is 6.42 Å². The summed E-state index contributed by atoms with van der Waals surface area (Å²) in [6.07, 6.45) is 1.22. The molecule has 2 aromatic rings. The summed E-state index contributed by atoms with van der Waals surface area (Å²) < 4.78 is 1.30. The van der Waals surface area contributed by atoms with Gasteiger partial charge in [-0.05, 0) is 6.07 Å². The molecule has 0 saturated carbocycles. The molecule has 2 heterocycles. The summed E-state index contributed by atoms with van der Waals surface area (Å²) in [4.78, 5) is 26.1. The number of carbonyl (C=O) groups is 1. The third-order valence-corrected chi connectivity index (χ3v) is 2.25. The molecule has 5 nitrogen and oxygen atoms in total. The highest BCUT2D eigenvalue weighted by Gasteiger charge is 2.06. The van der Waals surface area contributed by atoms with Crippen LogP contribution < -0.4 is 5.56 Å². The van der Waals surface area contributed by atoms with Crippen LogP contribution >= 0.6 is 11.6 Å². The molecule has 82 valence electrons. The Morgan fingerprint density at radius 1 is 1.50 bits per heavy atom. The van der Waals surface area contributed by atoms with Crippen LogP contribution in [0.1, 0.15) is 5.69 Å². The van der Waals surface area contributed by atoms with E-state index in [9.17, 15) is 9.59 Å². The summed E-state index contributed by atoms with van der Waals surface area (Å²) in [6.45, 7) is 0. The number of pyridine rings is 1. The molecule has 0 fully saturated rings. The molecule has 0 unspecified atom stereocenters. The lowest BCUT2D eigenvalue weighted by atomic mass is 10.3. The second kappa shape index (κ2) is 3.94. The van der Waals surface area contributed by atoms with Crippen molar-refractivity contribution >= 4 is 23.2 Å². The van der Waals surface area contributed by atoms with Gasteiger partial charge in [0.05, 0.1) is 12.1 Å². The number of fused-ring (bicyclic) bond motifs is 1. The Kier molecular flexibility index (Phi) is 2.62. The molecule has 0 aliphatic carbocycles. The topological polar surface area (TPSA) is 71.7 Å². The molecule has 0 saturated heterocycles. The molecule has 1 N–H and O–H groups in total. The van der Waals surface area contributed by atoms with E-state index in [0.29, 0.717) is 10.7 Å². The van der Waals surface area contributed by atoms with Gasteiger partial charge >= 0.3 is 5.97 Å². The lowest BCUT2D eigenvalue weighted by molar-refractivity contribution is -0.136. The van der Waals surface area contributed by atoms with Gasteiger partial charge in [-0.1, -0.05) is 11.6 Å². The molecular weight excluding hydrogens is 232 g/mol. The van der Waals surface area contributed by atoms with Gasteiger partial charge in [0.15, 0.2) is 0 Å². The fourth-order valence-corrected chi connectivity index (χ4v) is 1.53. The molecule has 0 aliphatic rings. The van der Waals surface area contributed by atoms with Crippen LogP contribution in [0.25, 0.3) is 5.65 Å². The number of aromatic nitrogens is 2. The molecule has 0 aromatic carbocycles. The molecule has 2 aromatic heterocycles. The first kappa shape index (κ1) is 10.6. The van der Waals surface area contributed by atoms with Gasteiger partial charge in [-0.15, -0.1) is 0 Å². The highest BCUT2D eigenvalue weighted by molar-refractivity contribution is 6.30. The van der Waals surface area contributed by atoms with E-state index in [1.807, 2.05) is 0 Å². The first-order valence-electron chi connectivity index (χ1n) is 4.46.